The van der Waals surface area contributed by atoms with Crippen molar-refractivity contribution < 1.29 is 27.3 Å². The van der Waals surface area contributed by atoms with Crippen LogP contribution in [0.15, 0.2) is 156 Å². The average molecular weight is 971 g/mol. The molecule has 9 aromatic rings. The molecular formula is C50H45GeIrN3O-2. The Balaban J connectivity index is 0.000000188. The van der Waals surface area contributed by atoms with Crippen LogP contribution in [0.1, 0.15) is 29.1 Å². The molecule has 0 amide bonds. The largest absolute Gasteiger partial charge is 0.501 e. The van der Waals surface area contributed by atoms with Gasteiger partial charge in [0.25, 0.3) is 0 Å². The van der Waals surface area contributed by atoms with E-state index in [2.05, 4.69) is 106 Å². The minimum Gasteiger partial charge on any atom is -0.501 e. The van der Waals surface area contributed by atoms with Gasteiger partial charge in [-0.1, -0.05) is 83.7 Å². The maximum absolute atomic E-state index is 8.76. The molecule has 0 aliphatic heterocycles. The fraction of sp³-hybridized carbons (Fsp3) is 0.160. The molecule has 0 N–H and O–H groups in total. The molecule has 0 unspecified atom stereocenters. The molecule has 3 heterocycles. The van der Waals surface area contributed by atoms with Crippen LogP contribution in [0, 0.1) is 17.5 Å². The van der Waals surface area contributed by atoms with Crippen molar-refractivity contribution in [2.75, 3.05) is 0 Å². The number of rotatable bonds is 6. The van der Waals surface area contributed by atoms with Crippen molar-refractivity contribution in [2.24, 2.45) is 5.41 Å². The first kappa shape index (κ1) is 36.6. The monoisotopic (exact) mass is 972 g/mol. The zero-order valence-corrected chi connectivity index (χ0v) is 37.0. The zero-order chi connectivity index (χ0) is 40.0. The van der Waals surface area contributed by atoms with Gasteiger partial charge in [-0.3, -0.25) is 4.98 Å². The van der Waals surface area contributed by atoms with Crippen molar-refractivity contribution in [1.82, 2.24) is 14.5 Å². The normalized spacial score (nSPS) is 12.5. The number of para-hydroxylation sites is 3. The minimum absolute atomic E-state index is 0. The van der Waals surface area contributed by atoms with Gasteiger partial charge in [0.05, 0.1) is 22.4 Å². The molecule has 0 saturated carbocycles. The van der Waals surface area contributed by atoms with Crippen LogP contribution in [0.4, 0.5) is 0 Å². The number of nitrogens with zero attached hydrogens (tertiary/aromatic N) is 3. The quantitative estimate of drug-likeness (QED) is 0.123. The topological polar surface area (TPSA) is 43.9 Å². The number of furan rings is 1. The van der Waals surface area contributed by atoms with Crippen molar-refractivity contribution in [3.05, 3.63) is 169 Å². The van der Waals surface area contributed by atoms with E-state index in [1.165, 1.54) is 11.1 Å². The fourth-order valence-corrected chi connectivity index (χ4v) is 9.93. The predicted octanol–water partition coefficient (Wildman–Crippen LogP) is 12.7. The van der Waals surface area contributed by atoms with Gasteiger partial charge < -0.3 is 8.98 Å². The number of hydrogen-bond acceptors (Lipinski definition) is 3. The molecule has 1 radical (unpaired) electrons. The second kappa shape index (κ2) is 16.2. The van der Waals surface area contributed by atoms with Crippen LogP contribution in [0.3, 0.4) is 0 Å². The van der Waals surface area contributed by atoms with E-state index >= 15 is 0 Å². The Kier molecular flexibility index (Phi) is 10.6. The molecule has 6 heteroatoms. The van der Waals surface area contributed by atoms with Crippen LogP contribution in [0.5, 0.6) is 0 Å². The third-order valence-corrected chi connectivity index (χ3v) is 13.8. The Morgan fingerprint density at radius 3 is 2.16 bits per heavy atom. The van der Waals surface area contributed by atoms with E-state index in [0.29, 0.717) is 0 Å². The van der Waals surface area contributed by atoms with E-state index in [4.69, 9.17) is 12.1 Å². The summed E-state index contributed by atoms with van der Waals surface area (Å²) in [5, 5.41) is 2.17. The SMILES string of the molecule is [2H]C([2H])(c1cc(-c2[c-]cccc2)nc[c]1[Ge]([CH3])([CH3])[CH3])C(C)(C)C.[Ir].[c-]1ccc2c(oc3ccccc32)c1-c1nc2ccccc2n1-c1ccc(-c2ccccc2)cc1. The van der Waals surface area contributed by atoms with Gasteiger partial charge in [0, 0.05) is 31.2 Å². The number of benzene rings is 6. The number of pyridine rings is 1. The fourth-order valence-electron chi connectivity index (χ4n) is 7.01. The van der Waals surface area contributed by atoms with Crippen LogP contribution >= 0.6 is 0 Å². The molecule has 0 fully saturated rings. The molecular weight excluding hydrogens is 923 g/mol. The van der Waals surface area contributed by atoms with Gasteiger partial charge in [0.2, 0.25) is 0 Å². The van der Waals surface area contributed by atoms with Gasteiger partial charge in [-0.15, -0.1) is 18.2 Å². The smallest absolute Gasteiger partial charge is 0.120 e. The molecule has 4 nitrogen and oxygen atoms in total. The average Bonchev–Trinajstić information content (AvgIpc) is 3.80. The molecule has 0 aliphatic carbocycles. The van der Waals surface area contributed by atoms with Gasteiger partial charge in [-0.2, -0.15) is 0 Å². The maximum Gasteiger partial charge on any atom is 0.120 e. The summed E-state index contributed by atoms with van der Waals surface area (Å²) in [7, 11) is 0. The Morgan fingerprint density at radius 2 is 1.43 bits per heavy atom. The number of aromatic nitrogens is 3. The van der Waals surface area contributed by atoms with E-state index in [1.54, 1.807) is 0 Å². The molecule has 0 bridgehead atoms. The first-order chi connectivity index (χ1) is 27.3. The minimum atomic E-state index is -2.24. The van der Waals surface area contributed by atoms with Crippen molar-refractivity contribution in [1.29, 1.82) is 0 Å². The van der Waals surface area contributed by atoms with Crippen molar-refractivity contribution in [3.63, 3.8) is 0 Å². The van der Waals surface area contributed by atoms with Gasteiger partial charge in [0.15, 0.2) is 0 Å². The molecule has 0 spiro atoms. The van der Waals surface area contributed by atoms with Crippen LogP contribution in [0.25, 0.3) is 72.4 Å². The second-order valence-electron chi connectivity index (χ2n) is 15.9. The number of fused-ring (bicyclic) bond motifs is 4. The number of imidazole rings is 1. The summed E-state index contributed by atoms with van der Waals surface area (Å²) in [6, 6.07) is 55.7. The first-order valence-electron chi connectivity index (χ1n) is 19.7. The Hall–Kier alpha value is -5.07. The Morgan fingerprint density at radius 1 is 0.732 bits per heavy atom. The Labute approximate surface area is 349 Å². The standard InChI is InChI=1S/C31H19N2O.C19H26GeN.Ir/c1-2-9-21(10-3-1)22-17-19-23(20-18-22)33-28-15-6-5-14-27(28)32-31(33)26-13-8-12-25-24-11-4-7-16-29(24)34-30(25)26;1-19(2,3)13-16-12-18(15-10-8-7-9-11-15)21-14-17(16)20(4,5)6;/h1-12,14-20H;7-10,12,14H,13H2,1-6H3;/q2*-1;/i;13D2;. The van der Waals surface area contributed by atoms with Crippen LogP contribution in [0.2, 0.25) is 17.3 Å². The second-order valence-corrected chi connectivity index (χ2v) is 26.5. The predicted molar refractivity (Wildman–Crippen MR) is 233 cm³/mol. The first-order valence-corrected chi connectivity index (χ1v) is 26.1. The van der Waals surface area contributed by atoms with Crippen molar-refractivity contribution in [3.8, 4) is 39.5 Å². The van der Waals surface area contributed by atoms with E-state index in [-0.39, 0.29) is 20.1 Å². The summed E-state index contributed by atoms with van der Waals surface area (Å²) >= 11 is -2.24. The summed E-state index contributed by atoms with van der Waals surface area (Å²) in [5.41, 5.74) is 9.98. The summed E-state index contributed by atoms with van der Waals surface area (Å²) in [6.07, 6.45) is 0.502. The zero-order valence-electron chi connectivity index (χ0n) is 34.5. The van der Waals surface area contributed by atoms with Crippen LogP contribution in [-0.4, -0.2) is 27.8 Å². The van der Waals surface area contributed by atoms with E-state index in [0.717, 1.165) is 71.3 Å². The molecule has 6 aromatic carbocycles. The van der Waals surface area contributed by atoms with Crippen molar-refractivity contribution in [2.45, 2.75) is 44.4 Å². The van der Waals surface area contributed by atoms with Crippen LogP contribution < -0.4 is 4.40 Å². The third-order valence-electron chi connectivity index (χ3n) is 9.56. The van der Waals surface area contributed by atoms with Gasteiger partial charge in [-0.05, 0) is 41.5 Å². The van der Waals surface area contributed by atoms with E-state index in [1.807, 2.05) is 106 Å². The molecule has 0 saturated heterocycles. The summed E-state index contributed by atoms with van der Waals surface area (Å²) in [5.74, 6) is 7.67. The molecule has 9 rings (SSSR count). The molecule has 3 aromatic heterocycles. The number of hydrogen-bond donors (Lipinski definition) is 0. The molecule has 0 aliphatic rings. The molecule has 56 heavy (non-hydrogen) atoms. The van der Waals surface area contributed by atoms with Gasteiger partial charge in [0.1, 0.15) is 5.58 Å². The van der Waals surface area contributed by atoms with Gasteiger partial charge in [-0.25, -0.2) is 0 Å². The molecule has 0 atom stereocenters. The molecule has 281 valence electrons. The van der Waals surface area contributed by atoms with Crippen LogP contribution in [-0.2, 0) is 26.5 Å². The Bertz CT molecular complexity index is 2840. The van der Waals surface area contributed by atoms with Crippen molar-refractivity contribution >= 4 is 50.6 Å². The third kappa shape index (κ3) is 8.22. The van der Waals surface area contributed by atoms with E-state index in [9.17, 15) is 0 Å². The van der Waals surface area contributed by atoms with Gasteiger partial charge >= 0.3 is 135 Å². The summed E-state index contributed by atoms with van der Waals surface area (Å²) in [4.78, 5) is 9.65. The summed E-state index contributed by atoms with van der Waals surface area (Å²) in [6.45, 7) is 5.88. The maximum atomic E-state index is 8.76. The summed E-state index contributed by atoms with van der Waals surface area (Å²) < 4.78 is 27.2. The van der Waals surface area contributed by atoms with E-state index < -0.39 is 25.1 Å².